The van der Waals surface area contributed by atoms with E-state index in [4.69, 9.17) is 10.5 Å². The molecule has 0 saturated carbocycles. The molecule has 0 saturated heterocycles. The number of carbonyl (C=O) groups is 2. The van der Waals surface area contributed by atoms with Gasteiger partial charge in [0.2, 0.25) is 10.0 Å². The van der Waals surface area contributed by atoms with Gasteiger partial charge in [0.15, 0.2) is 6.10 Å². The second-order valence-corrected chi connectivity index (χ2v) is 5.65. The highest BCUT2D eigenvalue weighted by atomic mass is 32.2. The number of anilines is 1. The first-order valence-electron chi connectivity index (χ1n) is 5.27. The van der Waals surface area contributed by atoms with Crippen molar-refractivity contribution in [2.45, 2.75) is 13.0 Å². The summed E-state index contributed by atoms with van der Waals surface area (Å²) in [5, 5.41) is 0. The molecule has 0 spiro atoms. The zero-order valence-electron chi connectivity index (χ0n) is 10.4. The maximum Gasteiger partial charge on any atom is 0.338 e. The van der Waals surface area contributed by atoms with Crippen LogP contribution in [0.3, 0.4) is 0 Å². The lowest BCUT2D eigenvalue weighted by Crippen LogP contribution is -2.30. The largest absolute Gasteiger partial charge is 0.449 e. The van der Waals surface area contributed by atoms with Gasteiger partial charge in [0.1, 0.15) is 0 Å². The van der Waals surface area contributed by atoms with Crippen LogP contribution in [0.15, 0.2) is 24.3 Å². The number of nitrogens with two attached hydrogens (primary N) is 1. The fourth-order valence-electron chi connectivity index (χ4n) is 1.21. The third kappa shape index (κ3) is 4.96. The Labute approximate surface area is 110 Å². The lowest BCUT2D eigenvalue weighted by Gasteiger charge is -2.10. The first-order valence-corrected chi connectivity index (χ1v) is 7.16. The fourth-order valence-corrected chi connectivity index (χ4v) is 1.77. The molecule has 1 aromatic carbocycles. The Hall–Kier alpha value is -2.09. The number of sulfonamides is 1. The lowest BCUT2D eigenvalue weighted by atomic mass is 10.2. The predicted octanol–water partition coefficient (Wildman–Crippen LogP) is 0.0887. The van der Waals surface area contributed by atoms with E-state index >= 15 is 0 Å². The zero-order chi connectivity index (χ0) is 14.6. The Bertz CT molecular complexity index is 597. The molecule has 19 heavy (non-hydrogen) atoms. The number of hydrogen-bond acceptors (Lipinski definition) is 5. The van der Waals surface area contributed by atoms with E-state index in [1.165, 1.54) is 31.2 Å². The molecular formula is C11H14N2O5S. The summed E-state index contributed by atoms with van der Waals surface area (Å²) >= 11 is 0. The third-order valence-corrected chi connectivity index (χ3v) is 2.69. The van der Waals surface area contributed by atoms with Gasteiger partial charge in [0, 0.05) is 5.69 Å². The summed E-state index contributed by atoms with van der Waals surface area (Å²) in [5.74, 6) is -1.53. The van der Waals surface area contributed by atoms with Gasteiger partial charge in [-0.1, -0.05) is 6.07 Å². The number of hydrogen-bond donors (Lipinski definition) is 2. The molecule has 0 bridgehead atoms. The third-order valence-electron chi connectivity index (χ3n) is 2.09. The Morgan fingerprint density at radius 3 is 2.53 bits per heavy atom. The molecule has 7 nitrogen and oxygen atoms in total. The summed E-state index contributed by atoms with van der Waals surface area (Å²) in [5.41, 5.74) is 5.31. The average Bonchev–Trinajstić information content (AvgIpc) is 2.26. The van der Waals surface area contributed by atoms with Crippen LogP contribution in [0, 0.1) is 0 Å². The van der Waals surface area contributed by atoms with Crippen molar-refractivity contribution in [3.05, 3.63) is 29.8 Å². The smallest absolute Gasteiger partial charge is 0.338 e. The molecule has 0 aliphatic rings. The van der Waals surface area contributed by atoms with Crippen LogP contribution >= 0.6 is 0 Å². The van der Waals surface area contributed by atoms with Gasteiger partial charge in [-0.25, -0.2) is 13.2 Å². The Kier molecular flexibility index (Phi) is 4.49. The van der Waals surface area contributed by atoms with Gasteiger partial charge in [0.25, 0.3) is 5.91 Å². The molecule has 0 aliphatic carbocycles. The molecule has 1 unspecified atom stereocenters. The Morgan fingerprint density at radius 2 is 2.00 bits per heavy atom. The lowest BCUT2D eigenvalue weighted by molar-refractivity contribution is -0.125. The maximum atomic E-state index is 11.7. The van der Waals surface area contributed by atoms with Gasteiger partial charge in [-0.05, 0) is 25.1 Å². The first kappa shape index (κ1) is 15.0. The summed E-state index contributed by atoms with van der Waals surface area (Å²) in [6.45, 7) is 1.35. The van der Waals surface area contributed by atoms with Gasteiger partial charge in [0.05, 0.1) is 11.8 Å². The van der Waals surface area contributed by atoms with E-state index < -0.39 is 28.0 Å². The normalized spacial score (nSPS) is 12.5. The van der Waals surface area contributed by atoms with E-state index in [2.05, 4.69) is 4.72 Å². The van der Waals surface area contributed by atoms with E-state index in [-0.39, 0.29) is 11.3 Å². The molecule has 0 fully saturated rings. The van der Waals surface area contributed by atoms with Crippen LogP contribution in [0.5, 0.6) is 0 Å². The van der Waals surface area contributed by atoms with Crippen molar-refractivity contribution in [1.82, 2.24) is 0 Å². The summed E-state index contributed by atoms with van der Waals surface area (Å²) in [7, 11) is -3.43. The molecular weight excluding hydrogens is 272 g/mol. The summed E-state index contributed by atoms with van der Waals surface area (Å²) in [4.78, 5) is 22.4. The standard InChI is InChI=1S/C11H14N2O5S/c1-7(10(12)14)18-11(15)8-4-3-5-9(6-8)13-19(2,16)17/h3-7,13H,1-2H3,(H2,12,14). The van der Waals surface area contributed by atoms with E-state index in [1.54, 1.807) is 0 Å². The molecule has 1 atom stereocenters. The van der Waals surface area contributed by atoms with Crippen LogP contribution in [-0.4, -0.2) is 32.7 Å². The predicted molar refractivity (Wildman–Crippen MR) is 69.0 cm³/mol. The van der Waals surface area contributed by atoms with Gasteiger partial charge in [-0.3, -0.25) is 9.52 Å². The van der Waals surface area contributed by atoms with Crippen LogP contribution in [0.1, 0.15) is 17.3 Å². The summed E-state index contributed by atoms with van der Waals surface area (Å²) in [6, 6.07) is 5.70. The minimum atomic E-state index is -3.43. The van der Waals surface area contributed by atoms with E-state index in [0.717, 1.165) is 6.26 Å². The number of esters is 1. The van der Waals surface area contributed by atoms with Crippen LogP contribution < -0.4 is 10.5 Å². The second-order valence-electron chi connectivity index (χ2n) is 3.90. The van der Waals surface area contributed by atoms with Crippen LogP contribution in [0.4, 0.5) is 5.69 Å². The summed E-state index contributed by atoms with van der Waals surface area (Å²) < 4.78 is 29.1. The summed E-state index contributed by atoms with van der Waals surface area (Å²) in [6.07, 6.45) is -0.0632. The maximum absolute atomic E-state index is 11.7. The molecule has 1 aromatic rings. The van der Waals surface area contributed by atoms with Crippen molar-refractivity contribution >= 4 is 27.6 Å². The topological polar surface area (TPSA) is 116 Å². The first-order chi connectivity index (χ1) is 8.69. The van der Waals surface area contributed by atoms with Crippen LogP contribution in [0.2, 0.25) is 0 Å². The number of nitrogens with one attached hydrogen (secondary N) is 1. The number of primary amides is 1. The molecule has 1 amide bonds. The van der Waals surface area contributed by atoms with E-state index in [9.17, 15) is 18.0 Å². The van der Waals surface area contributed by atoms with Gasteiger partial charge < -0.3 is 10.5 Å². The minimum Gasteiger partial charge on any atom is -0.449 e. The van der Waals surface area contributed by atoms with Crippen molar-refractivity contribution in [3.8, 4) is 0 Å². The highest BCUT2D eigenvalue weighted by Gasteiger charge is 2.16. The highest BCUT2D eigenvalue weighted by molar-refractivity contribution is 7.92. The second kappa shape index (κ2) is 5.70. The van der Waals surface area contributed by atoms with Gasteiger partial charge >= 0.3 is 5.97 Å². The number of ether oxygens (including phenoxy) is 1. The number of benzene rings is 1. The Balaban J connectivity index is 2.87. The SMILES string of the molecule is CC(OC(=O)c1cccc(NS(C)(=O)=O)c1)C(N)=O. The van der Waals surface area contributed by atoms with Crippen molar-refractivity contribution in [3.63, 3.8) is 0 Å². The highest BCUT2D eigenvalue weighted by Crippen LogP contribution is 2.13. The molecule has 104 valence electrons. The molecule has 0 aromatic heterocycles. The van der Waals surface area contributed by atoms with Crippen LogP contribution in [0.25, 0.3) is 0 Å². The van der Waals surface area contributed by atoms with Crippen LogP contribution in [-0.2, 0) is 19.6 Å². The molecule has 0 aliphatic heterocycles. The Morgan fingerprint density at radius 1 is 1.37 bits per heavy atom. The molecule has 8 heteroatoms. The van der Waals surface area contributed by atoms with Crippen molar-refractivity contribution < 1.29 is 22.7 Å². The van der Waals surface area contributed by atoms with Crippen molar-refractivity contribution in [2.75, 3.05) is 11.0 Å². The minimum absolute atomic E-state index is 0.113. The number of amides is 1. The monoisotopic (exact) mass is 286 g/mol. The number of rotatable bonds is 5. The number of carbonyl (C=O) groups excluding carboxylic acids is 2. The van der Waals surface area contributed by atoms with Crippen molar-refractivity contribution in [1.29, 1.82) is 0 Å². The molecule has 1 rings (SSSR count). The molecule has 0 heterocycles. The van der Waals surface area contributed by atoms with Crippen molar-refractivity contribution in [2.24, 2.45) is 5.73 Å². The zero-order valence-corrected chi connectivity index (χ0v) is 11.2. The van der Waals surface area contributed by atoms with Gasteiger partial charge in [-0.15, -0.1) is 0 Å². The molecule has 3 N–H and O–H groups in total. The fraction of sp³-hybridized carbons (Fsp3) is 0.273. The average molecular weight is 286 g/mol. The quantitative estimate of drug-likeness (QED) is 0.744. The van der Waals surface area contributed by atoms with E-state index in [1.807, 2.05) is 0 Å². The molecule has 0 radical (unpaired) electrons. The van der Waals surface area contributed by atoms with Gasteiger partial charge in [-0.2, -0.15) is 0 Å². The van der Waals surface area contributed by atoms with E-state index in [0.29, 0.717) is 0 Å².